The number of Topliss-reactive ketones (excluding diaryl/α,β-unsaturated/α-hetero) is 3. The first-order valence-electron chi connectivity index (χ1n) is 27.0. The third-order valence-electron chi connectivity index (χ3n) is 14.9. The SMILES string of the molecule is NCCCC[C@@H]1NC(=O)[C@@H](Cc2c[nH]c3ccccc23)CC(=O)[C@H](c2ccccc2)NC(=O)[C@@H]2C[C@@H](OC(=O)CCCN)CC2C(=O)[C@H](Cc2ccccc2)NC(=O)[C@H](Cc2ccc(OCc3ccccc3)cc2)CC1=O. The van der Waals surface area contributed by atoms with Gasteiger partial charge in [-0.1, -0.05) is 121 Å². The molecule has 15 heteroatoms. The Hall–Kier alpha value is -7.75. The molecule has 15 nitrogen and oxygen atoms in total. The van der Waals surface area contributed by atoms with Gasteiger partial charge >= 0.3 is 5.97 Å². The fourth-order valence-electron chi connectivity index (χ4n) is 10.7. The minimum absolute atomic E-state index is 0.0195. The van der Waals surface area contributed by atoms with Crippen molar-refractivity contribution in [2.24, 2.45) is 35.1 Å². The Morgan fingerprint density at radius 3 is 1.86 bits per heavy atom. The molecule has 3 amide bonds. The molecule has 2 heterocycles. The van der Waals surface area contributed by atoms with Gasteiger partial charge in [0.2, 0.25) is 17.7 Å². The maximum absolute atomic E-state index is 15.4. The van der Waals surface area contributed by atoms with Gasteiger partial charge in [0.1, 0.15) is 24.5 Å². The van der Waals surface area contributed by atoms with Crippen LogP contribution in [0.25, 0.3) is 10.9 Å². The average Bonchev–Trinajstić information content (AvgIpc) is 4.08. The van der Waals surface area contributed by atoms with Crippen molar-refractivity contribution in [2.75, 3.05) is 13.1 Å². The summed E-state index contributed by atoms with van der Waals surface area (Å²) in [6.45, 7) is 0.965. The van der Waals surface area contributed by atoms with E-state index >= 15 is 24.0 Å². The number of aromatic nitrogens is 1. The highest BCUT2D eigenvalue weighted by atomic mass is 16.5. The number of hydrogen-bond acceptors (Lipinski definition) is 11. The number of carbonyl (C=O) groups is 7. The van der Waals surface area contributed by atoms with Crippen molar-refractivity contribution in [3.63, 3.8) is 0 Å². The number of carbonyl (C=O) groups excluding carboxylic acids is 7. The molecular weight excluding hydrogens is 973 g/mol. The van der Waals surface area contributed by atoms with Crippen molar-refractivity contribution >= 4 is 51.9 Å². The molecule has 5 aromatic carbocycles. The molecule has 8 N–H and O–H groups in total. The quantitative estimate of drug-likeness (QED) is 0.0373. The number of unbranched alkanes of at least 4 members (excludes halogenated alkanes) is 1. The van der Waals surface area contributed by atoms with Gasteiger partial charge in [-0.05, 0) is 117 Å². The van der Waals surface area contributed by atoms with Crippen LogP contribution < -0.4 is 32.2 Å². The standard InChI is InChI=1S/C62H70N6O9/c63-29-13-12-23-53-55(69)34-44(31-41-25-27-47(28-26-41)76-39-42-17-6-2-7-18-42)60(73)67-54(32-40-15-4-1-5-16-40)59(72)50-36-48(77-57(71)24-14-30-64)37-51(50)62(75)68-58(43-19-8-3-9-20-43)56(70)35-45(61(74)66-53)33-46-38-65-52-22-11-10-21-49(46)52/h1-11,15-22,25-28,38,44-45,48,50-51,53-54,58,65H,12-14,23-24,29-37,39,63-64H2,(H,66,74)(H,67,73)(H,68,75)/t44-,45+,48+,50?,51-,53+,54+,58+/m1/s1. The molecule has 0 radical (unpaired) electrons. The van der Waals surface area contributed by atoms with Crippen molar-refractivity contribution in [3.05, 3.63) is 174 Å². The van der Waals surface area contributed by atoms with Crippen molar-refractivity contribution in [2.45, 2.75) is 108 Å². The van der Waals surface area contributed by atoms with Crippen molar-refractivity contribution in [3.8, 4) is 5.75 Å². The molecule has 2 aliphatic rings. The van der Waals surface area contributed by atoms with Crippen LogP contribution in [0.2, 0.25) is 0 Å². The molecule has 1 aliphatic carbocycles. The summed E-state index contributed by atoms with van der Waals surface area (Å²) in [7, 11) is 0. The number of nitrogens with one attached hydrogen (secondary N) is 4. The van der Waals surface area contributed by atoms with Gasteiger partial charge in [-0.2, -0.15) is 0 Å². The topological polar surface area (TPSA) is 242 Å². The van der Waals surface area contributed by atoms with E-state index in [1.165, 1.54) is 0 Å². The van der Waals surface area contributed by atoms with E-state index in [1.807, 2.05) is 97.1 Å². The van der Waals surface area contributed by atoms with E-state index in [2.05, 4.69) is 20.9 Å². The van der Waals surface area contributed by atoms with E-state index in [0.717, 1.165) is 33.2 Å². The van der Waals surface area contributed by atoms with Gasteiger partial charge in [0.25, 0.3) is 0 Å². The first-order chi connectivity index (χ1) is 37.5. The molecule has 402 valence electrons. The van der Waals surface area contributed by atoms with Gasteiger partial charge in [0.15, 0.2) is 17.3 Å². The number of benzene rings is 5. The minimum Gasteiger partial charge on any atom is -0.489 e. The third-order valence-corrected chi connectivity index (χ3v) is 14.9. The van der Waals surface area contributed by atoms with Crippen LogP contribution in [0.5, 0.6) is 5.75 Å². The average molecular weight is 1040 g/mol. The monoisotopic (exact) mass is 1040 g/mol. The van der Waals surface area contributed by atoms with Crippen LogP contribution in [0.4, 0.5) is 0 Å². The molecule has 1 saturated heterocycles. The lowest BCUT2D eigenvalue weighted by atomic mass is 9.84. The Kier molecular flexibility index (Phi) is 19.7. The lowest BCUT2D eigenvalue weighted by Gasteiger charge is -2.29. The molecule has 77 heavy (non-hydrogen) atoms. The number of hydrogen-bond donors (Lipinski definition) is 6. The summed E-state index contributed by atoms with van der Waals surface area (Å²) in [5.41, 5.74) is 16.2. The van der Waals surface area contributed by atoms with Crippen LogP contribution >= 0.6 is 0 Å². The summed E-state index contributed by atoms with van der Waals surface area (Å²) >= 11 is 0. The molecule has 1 unspecified atom stereocenters. The maximum atomic E-state index is 15.4. The summed E-state index contributed by atoms with van der Waals surface area (Å²) < 4.78 is 12.0. The van der Waals surface area contributed by atoms with Gasteiger partial charge in [0.05, 0.1) is 18.0 Å². The molecule has 2 fully saturated rings. The third kappa shape index (κ3) is 15.2. The Morgan fingerprint density at radius 2 is 1.16 bits per heavy atom. The number of amides is 3. The zero-order valence-corrected chi connectivity index (χ0v) is 43.4. The van der Waals surface area contributed by atoms with Crippen LogP contribution in [0.3, 0.4) is 0 Å². The fraction of sp³-hybridized carbons (Fsp3) is 0.371. The second-order valence-corrected chi connectivity index (χ2v) is 20.5. The van der Waals surface area contributed by atoms with Crippen LogP contribution in [-0.4, -0.2) is 77.3 Å². The maximum Gasteiger partial charge on any atom is 0.306 e. The number of ether oxygens (including phenoxy) is 2. The zero-order chi connectivity index (χ0) is 54.1. The van der Waals surface area contributed by atoms with E-state index in [9.17, 15) is 9.59 Å². The summed E-state index contributed by atoms with van der Waals surface area (Å²) in [6.07, 6.45) is 2.21. The Morgan fingerprint density at radius 1 is 0.558 bits per heavy atom. The second kappa shape index (κ2) is 27.3. The van der Waals surface area contributed by atoms with E-state index in [4.69, 9.17) is 20.9 Å². The molecule has 8 rings (SSSR count). The van der Waals surface area contributed by atoms with Gasteiger partial charge in [-0.3, -0.25) is 33.6 Å². The highest BCUT2D eigenvalue weighted by Gasteiger charge is 2.47. The highest BCUT2D eigenvalue weighted by Crippen LogP contribution is 2.38. The number of ketones is 3. The number of esters is 1. The summed E-state index contributed by atoms with van der Waals surface area (Å²) in [5, 5.41) is 9.95. The lowest BCUT2D eigenvalue weighted by Crippen LogP contribution is -2.51. The van der Waals surface area contributed by atoms with E-state index in [1.54, 1.807) is 48.7 Å². The van der Waals surface area contributed by atoms with E-state index in [0.29, 0.717) is 43.7 Å². The van der Waals surface area contributed by atoms with Crippen LogP contribution in [0.15, 0.2) is 146 Å². The van der Waals surface area contributed by atoms with Crippen molar-refractivity contribution in [1.29, 1.82) is 0 Å². The number of H-pyrrole nitrogens is 1. The smallest absolute Gasteiger partial charge is 0.306 e. The normalized spacial score (nSPS) is 22.8. The second-order valence-electron chi connectivity index (χ2n) is 20.5. The molecule has 0 bridgehead atoms. The molecule has 6 aromatic rings. The van der Waals surface area contributed by atoms with Gasteiger partial charge < -0.3 is 41.9 Å². The van der Waals surface area contributed by atoms with Gasteiger partial charge in [-0.25, -0.2) is 0 Å². The largest absolute Gasteiger partial charge is 0.489 e. The number of fused-ring (bicyclic) bond motifs is 2. The summed E-state index contributed by atoms with van der Waals surface area (Å²) in [5.74, 6) is -7.18. The molecule has 0 spiro atoms. The Balaban J connectivity index is 1.19. The highest BCUT2D eigenvalue weighted by molar-refractivity contribution is 6.00. The molecule has 1 aromatic heterocycles. The first kappa shape index (κ1) is 55.5. The minimum atomic E-state index is -1.25. The van der Waals surface area contributed by atoms with Crippen molar-refractivity contribution in [1.82, 2.24) is 20.9 Å². The summed E-state index contributed by atoms with van der Waals surface area (Å²) in [6, 6.07) is 39.0. The van der Waals surface area contributed by atoms with Crippen LogP contribution in [0, 0.1) is 23.7 Å². The number of nitrogens with two attached hydrogens (primary N) is 2. The van der Waals surface area contributed by atoms with Gasteiger partial charge in [0, 0.05) is 54.1 Å². The predicted molar refractivity (Wildman–Crippen MR) is 293 cm³/mol. The van der Waals surface area contributed by atoms with Crippen LogP contribution in [-0.2, 0) is 64.2 Å². The molecule has 1 aliphatic heterocycles. The number of rotatable bonds is 18. The Labute approximate surface area is 449 Å². The number of para-hydroxylation sites is 1. The van der Waals surface area contributed by atoms with E-state index in [-0.39, 0.29) is 64.3 Å². The molecule has 8 atom stereocenters. The molecule has 1 saturated carbocycles. The van der Waals surface area contributed by atoms with Crippen molar-refractivity contribution < 1.29 is 43.0 Å². The number of aromatic amines is 1. The Bertz CT molecular complexity index is 2950. The first-order valence-corrected chi connectivity index (χ1v) is 27.0. The van der Waals surface area contributed by atoms with Crippen LogP contribution in [0.1, 0.15) is 91.6 Å². The zero-order valence-electron chi connectivity index (χ0n) is 43.4. The lowest BCUT2D eigenvalue weighted by molar-refractivity contribution is -0.149. The predicted octanol–water partition coefficient (Wildman–Crippen LogP) is 7.14. The molecular formula is C62H70N6O9. The van der Waals surface area contributed by atoms with Gasteiger partial charge in [-0.15, -0.1) is 0 Å². The van der Waals surface area contributed by atoms with E-state index < -0.39 is 88.9 Å². The summed E-state index contributed by atoms with van der Waals surface area (Å²) in [4.78, 5) is 107. The fourth-order valence-corrected chi connectivity index (χ4v) is 10.7.